The maximum atomic E-state index is 6.43. The second kappa shape index (κ2) is 30.5. The van der Waals surface area contributed by atoms with E-state index in [0.29, 0.717) is 16.7 Å². The standard InChI is InChI=1S/C52H38N2O.C34H21ClN2O.C24H29BO2/c1-4-12-34(13-5-1)35-18-20-36(21-19-35)47-33-48(54-51(53-47)37-14-6-2-7-15-37)40-24-27-50-44(32-40)43-31-39(23-26-49(43)55-50)38-22-25-46-42(30-38)41-16-8-9-17-45(41)52(46)28-10-3-11-29-52;35-27-16-18-33-29(20-27)28-19-26(15-17-32(28)38-33)31-21-30(36-34(37-31)25-9-5-2-6-10-25)24-13-11-23(12-14-24)22-7-3-1-4-8-22;1-22(2)23(3,4)27-25(26-22)17-12-13-21-19(16-17)18-10-6-7-11-20(18)24(21)14-8-5-9-15-24/h1-2,4-9,12-27,30-33H,3,10-11,28-29H2;1-21H;6-7,10-13,16H,5,8-9,14-15H2,1-4H3. The van der Waals surface area contributed by atoms with E-state index in [4.69, 9.17) is 49.7 Å². The Kier molecular flexibility index (Phi) is 19.0. The van der Waals surface area contributed by atoms with E-state index in [9.17, 15) is 0 Å². The Bertz CT molecular complexity index is 6910. The van der Waals surface area contributed by atoms with Crippen molar-refractivity contribution in [1.29, 1.82) is 0 Å². The molecule has 120 heavy (non-hydrogen) atoms. The van der Waals surface area contributed by atoms with Crippen molar-refractivity contribution in [3.8, 4) is 123 Å². The molecular formula is C110H88BClN4O4. The van der Waals surface area contributed by atoms with Crippen LogP contribution in [0.1, 0.15) is 114 Å². The second-order valence-electron chi connectivity index (χ2n) is 34.1. The Morgan fingerprint density at radius 1 is 0.258 bits per heavy atom. The largest absolute Gasteiger partial charge is 0.494 e. The predicted molar refractivity (Wildman–Crippen MR) is 493 cm³/mol. The molecule has 1 aliphatic heterocycles. The molecule has 0 unspecified atom stereocenters. The van der Waals surface area contributed by atoms with Gasteiger partial charge in [0.2, 0.25) is 0 Å². The molecule has 8 nitrogen and oxygen atoms in total. The van der Waals surface area contributed by atoms with Crippen LogP contribution in [0.2, 0.25) is 5.02 Å². The molecule has 0 N–H and O–H groups in total. The minimum atomic E-state index is -0.306. The highest BCUT2D eigenvalue weighted by Crippen LogP contribution is 2.58. The SMILES string of the molecule is CC1(C)OB(c2ccc3c(c2)-c2ccccc2C32CCCCC2)OC1(C)C.Clc1ccc2oc3ccc(-c4cc(-c5ccc(-c6ccccc6)cc5)nc(-c5ccccc5)n4)cc3c2c1.c1ccc(-c2ccc(-c3cc(-c4ccc5oc6ccc(-c7ccc8c(c7)-c7ccccc7C87CCCCC7)cc6c5c4)nc(-c4ccccc4)n3)cc2)cc1. The number of nitrogens with zero attached hydrogens (tertiary/aromatic N) is 4. The first-order chi connectivity index (χ1) is 58.7. The van der Waals surface area contributed by atoms with Gasteiger partial charge in [0, 0.05) is 70.8 Å². The summed E-state index contributed by atoms with van der Waals surface area (Å²) in [6, 6.07) is 120. The number of hydrogen-bond acceptors (Lipinski definition) is 8. The topological polar surface area (TPSA) is 96.3 Å². The van der Waals surface area contributed by atoms with Gasteiger partial charge in [-0.15, -0.1) is 0 Å². The van der Waals surface area contributed by atoms with Gasteiger partial charge >= 0.3 is 7.12 Å². The molecule has 3 fully saturated rings. The minimum Gasteiger partial charge on any atom is -0.456 e. The maximum Gasteiger partial charge on any atom is 0.494 e. The molecule has 2 saturated carbocycles. The summed E-state index contributed by atoms with van der Waals surface area (Å²) in [7, 11) is -0.296. The highest BCUT2D eigenvalue weighted by Gasteiger charge is 2.53. The van der Waals surface area contributed by atoms with Gasteiger partial charge < -0.3 is 18.1 Å². The zero-order valence-corrected chi connectivity index (χ0v) is 68.5. The molecule has 23 rings (SSSR count). The summed E-state index contributed by atoms with van der Waals surface area (Å²) < 4.78 is 25.1. The van der Waals surface area contributed by atoms with Crippen LogP contribution in [0, 0.1) is 0 Å². The third kappa shape index (κ3) is 13.5. The third-order valence-corrected chi connectivity index (χ3v) is 26.7. The number of fused-ring (bicyclic) bond motifs is 16. The number of halogens is 1. The lowest BCUT2D eigenvalue weighted by Crippen LogP contribution is -2.41. The molecule has 10 heteroatoms. The predicted octanol–water partition coefficient (Wildman–Crippen LogP) is 28.9. The molecule has 14 aromatic carbocycles. The van der Waals surface area contributed by atoms with Gasteiger partial charge in [0.25, 0.3) is 0 Å². The van der Waals surface area contributed by atoms with Crippen LogP contribution in [0.3, 0.4) is 0 Å². The van der Waals surface area contributed by atoms with Crippen molar-refractivity contribution in [3.63, 3.8) is 0 Å². The molecule has 0 bridgehead atoms. The number of rotatable bonds is 10. The molecule has 0 amide bonds. The summed E-state index contributed by atoms with van der Waals surface area (Å²) in [5.41, 5.74) is 32.7. The van der Waals surface area contributed by atoms with Crippen LogP contribution < -0.4 is 5.46 Å². The first kappa shape index (κ1) is 74.6. The Hall–Kier alpha value is -12.9. The van der Waals surface area contributed by atoms with Crippen molar-refractivity contribution in [2.75, 3.05) is 0 Å². The number of hydrogen-bond donors (Lipinski definition) is 0. The van der Waals surface area contributed by atoms with Gasteiger partial charge in [0.1, 0.15) is 22.3 Å². The quantitative estimate of drug-likeness (QED) is 0.125. The van der Waals surface area contributed by atoms with Crippen molar-refractivity contribution in [1.82, 2.24) is 19.9 Å². The minimum absolute atomic E-state index is 0.163. The van der Waals surface area contributed by atoms with Crippen LogP contribution in [0.5, 0.6) is 0 Å². The summed E-state index contributed by atoms with van der Waals surface area (Å²) in [6.07, 6.45) is 13.0. The summed E-state index contributed by atoms with van der Waals surface area (Å²) in [4.78, 5) is 20.2. The highest BCUT2D eigenvalue weighted by molar-refractivity contribution is 6.62. The van der Waals surface area contributed by atoms with Gasteiger partial charge in [-0.2, -0.15) is 0 Å². The summed E-state index contributed by atoms with van der Waals surface area (Å²) in [5, 5.41) is 4.86. The van der Waals surface area contributed by atoms with Crippen LogP contribution in [-0.2, 0) is 20.1 Å². The zero-order valence-electron chi connectivity index (χ0n) is 67.8. The van der Waals surface area contributed by atoms with E-state index < -0.39 is 0 Å². The second-order valence-corrected chi connectivity index (χ2v) is 34.5. The smallest absolute Gasteiger partial charge is 0.456 e. The molecule has 5 heterocycles. The van der Waals surface area contributed by atoms with E-state index in [-0.39, 0.29) is 29.2 Å². The van der Waals surface area contributed by atoms with Gasteiger partial charge in [-0.3, -0.25) is 0 Å². The Morgan fingerprint density at radius 3 is 1.02 bits per heavy atom. The van der Waals surface area contributed by atoms with Gasteiger partial charge in [0.15, 0.2) is 11.6 Å². The molecule has 0 radical (unpaired) electrons. The van der Waals surface area contributed by atoms with Crippen LogP contribution in [0.25, 0.3) is 167 Å². The Morgan fingerprint density at radius 2 is 0.575 bits per heavy atom. The van der Waals surface area contributed by atoms with Crippen molar-refractivity contribution in [2.45, 2.75) is 114 Å². The van der Waals surface area contributed by atoms with E-state index in [1.54, 1.807) is 0 Å². The summed E-state index contributed by atoms with van der Waals surface area (Å²) in [6.45, 7) is 8.47. The first-order valence-electron chi connectivity index (χ1n) is 42.4. The molecule has 5 aliphatic rings. The first-order valence-corrected chi connectivity index (χ1v) is 42.8. The molecule has 582 valence electrons. The number of aromatic nitrogens is 4. The molecular weight excluding hydrogens is 1490 g/mol. The van der Waals surface area contributed by atoms with Gasteiger partial charge in [-0.05, 0) is 222 Å². The zero-order chi connectivity index (χ0) is 80.7. The normalized spacial score (nSPS) is 15.6. The molecule has 1 saturated heterocycles. The number of furan rings is 2. The lowest BCUT2D eigenvalue weighted by molar-refractivity contribution is 0.00578. The van der Waals surface area contributed by atoms with E-state index in [1.165, 1.54) is 142 Å². The highest BCUT2D eigenvalue weighted by atomic mass is 35.5. The van der Waals surface area contributed by atoms with E-state index >= 15 is 0 Å². The van der Waals surface area contributed by atoms with Gasteiger partial charge in [-0.25, -0.2) is 19.9 Å². The fraction of sp³-hybridized carbons (Fsp3) is 0.164. The van der Waals surface area contributed by atoms with E-state index in [0.717, 1.165) is 105 Å². The molecule has 2 spiro atoms. The van der Waals surface area contributed by atoms with Crippen molar-refractivity contribution in [3.05, 3.63) is 367 Å². The van der Waals surface area contributed by atoms with Crippen LogP contribution in [0.4, 0.5) is 0 Å². The summed E-state index contributed by atoms with van der Waals surface area (Å²) >= 11 is 6.30. The lowest BCUT2D eigenvalue weighted by atomic mass is 9.67. The fourth-order valence-electron chi connectivity index (χ4n) is 19.5. The van der Waals surface area contributed by atoms with Crippen molar-refractivity contribution >= 4 is 68.1 Å². The van der Waals surface area contributed by atoms with E-state index in [2.05, 4.69) is 276 Å². The van der Waals surface area contributed by atoms with Gasteiger partial charge in [-0.1, -0.05) is 305 Å². The lowest BCUT2D eigenvalue weighted by Gasteiger charge is -2.36. The third-order valence-electron chi connectivity index (χ3n) is 26.4. The Balaban J connectivity index is 0.000000119. The van der Waals surface area contributed by atoms with Crippen LogP contribution in [0.15, 0.2) is 349 Å². The molecule has 4 aliphatic carbocycles. The van der Waals surface area contributed by atoms with Gasteiger partial charge in [0.05, 0.1) is 34.0 Å². The molecule has 4 aromatic heterocycles. The average Bonchev–Trinajstić information content (AvgIpc) is 1.56. The van der Waals surface area contributed by atoms with E-state index in [1.807, 2.05) is 91.0 Å². The monoisotopic (exact) mass is 1570 g/mol. The summed E-state index contributed by atoms with van der Waals surface area (Å²) in [5.74, 6) is 1.39. The number of benzene rings is 14. The van der Waals surface area contributed by atoms with Crippen molar-refractivity contribution in [2.24, 2.45) is 0 Å². The average molecular weight is 1580 g/mol. The van der Waals surface area contributed by atoms with Crippen LogP contribution >= 0.6 is 11.6 Å². The maximum absolute atomic E-state index is 6.43. The molecule has 18 aromatic rings. The van der Waals surface area contributed by atoms with Crippen molar-refractivity contribution < 1.29 is 18.1 Å². The molecule has 0 atom stereocenters. The Labute approximate surface area is 705 Å². The fourth-order valence-corrected chi connectivity index (χ4v) is 19.7. The van der Waals surface area contributed by atoms with Crippen LogP contribution in [-0.4, -0.2) is 38.3 Å².